The Hall–Kier alpha value is -0.450. The lowest BCUT2D eigenvalue weighted by Crippen LogP contribution is -2.26. The minimum Gasteiger partial charge on any atom is -0.370 e. The Balaban J connectivity index is 2.16. The van der Waals surface area contributed by atoms with Crippen molar-refractivity contribution in [2.45, 2.75) is 38.6 Å². The molecule has 4 nitrogen and oxygen atoms in total. The highest BCUT2D eigenvalue weighted by Crippen LogP contribution is 2.13. The number of carbonyl (C=O) groups is 1. The van der Waals surface area contributed by atoms with Crippen molar-refractivity contribution in [2.24, 2.45) is 0 Å². The maximum absolute atomic E-state index is 11.1. The van der Waals surface area contributed by atoms with E-state index in [9.17, 15) is 9.90 Å². The molecular weight excluding hydrogens is 172 g/mol. The van der Waals surface area contributed by atoms with Crippen LogP contribution in [0.5, 0.6) is 0 Å². The highest BCUT2D eigenvalue weighted by atomic mass is 16.6. The van der Waals surface area contributed by atoms with Gasteiger partial charge < -0.3 is 14.6 Å². The van der Waals surface area contributed by atoms with Gasteiger partial charge in [0.2, 0.25) is 0 Å². The lowest BCUT2D eigenvalue weighted by Gasteiger charge is -2.18. The number of hydrogen-bond acceptors (Lipinski definition) is 4. The molecule has 1 aliphatic heterocycles. The first-order valence-corrected chi connectivity index (χ1v) is 4.50. The van der Waals surface area contributed by atoms with E-state index in [-0.39, 0.29) is 11.9 Å². The number of carbonyl (C=O) groups excluding carboxylic acids is 1. The van der Waals surface area contributed by atoms with E-state index in [0.717, 1.165) is 0 Å². The molecule has 0 amide bonds. The Labute approximate surface area is 77.8 Å². The first-order chi connectivity index (χ1) is 5.99. The number of ether oxygens (including phenoxy) is 2. The van der Waals surface area contributed by atoms with E-state index in [1.54, 1.807) is 13.8 Å². The smallest absolute Gasteiger partial charge is 0.163 e. The SMILES string of the molecule is CC(C)(O)OCCC1OCCC1=O. The van der Waals surface area contributed by atoms with E-state index in [1.807, 2.05) is 0 Å². The van der Waals surface area contributed by atoms with Crippen LogP contribution in [0.4, 0.5) is 0 Å². The summed E-state index contributed by atoms with van der Waals surface area (Å²) in [4.78, 5) is 11.1. The molecule has 0 aliphatic carbocycles. The average molecular weight is 188 g/mol. The number of hydrogen-bond donors (Lipinski definition) is 1. The summed E-state index contributed by atoms with van der Waals surface area (Å²) in [6.45, 7) is 3.99. The molecule has 1 N–H and O–H groups in total. The minimum absolute atomic E-state index is 0.138. The van der Waals surface area contributed by atoms with E-state index < -0.39 is 5.79 Å². The van der Waals surface area contributed by atoms with Crippen LogP contribution in [0.3, 0.4) is 0 Å². The highest BCUT2D eigenvalue weighted by Gasteiger charge is 2.25. The molecule has 0 aromatic carbocycles. The van der Waals surface area contributed by atoms with Gasteiger partial charge in [-0.2, -0.15) is 0 Å². The van der Waals surface area contributed by atoms with Crippen LogP contribution in [0.15, 0.2) is 0 Å². The maximum atomic E-state index is 11.1. The molecule has 0 spiro atoms. The first kappa shape index (κ1) is 10.6. The van der Waals surface area contributed by atoms with Crippen molar-refractivity contribution >= 4 is 5.78 Å². The second-order valence-electron chi connectivity index (χ2n) is 3.66. The molecule has 0 aromatic heterocycles. The van der Waals surface area contributed by atoms with E-state index in [0.29, 0.717) is 26.1 Å². The quantitative estimate of drug-likeness (QED) is 0.652. The zero-order valence-electron chi connectivity index (χ0n) is 8.08. The predicted octanol–water partition coefficient (Wildman–Crippen LogP) is 0.480. The summed E-state index contributed by atoms with van der Waals surface area (Å²) < 4.78 is 10.2. The summed E-state index contributed by atoms with van der Waals surface area (Å²) in [6.07, 6.45) is 0.720. The van der Waals surface area contributed by atoms with Gasteiger partial charge in [-0.25, -0.2) is 0 Å². The Morgan fingerprint density at radius 2 is 2.38 bits per heavy atom. The summed E-state index contributed by atoms with van der Waals surface area (Å²) in [5.41, 5.74) is 0. The molecule has 1 unspecified atom stereocenters. The number of ketones is 1. The molecule has 0 aromatic rings. The van der Waals surface area contributed by atoms with E-state index >= 15 is 0 Å². The number of Topliss-reactive ketones (excluding diaryl/α,β-unsaturated/α-hetero) is 1. The van der Waals surface area contributed by atoms with Gasteiger partial charge in [-0.3, -0.25) is 4.79 Å². The summed E-state index contributed by atoms with van der Waals surface area (Å²) in [5, 5.41) is 9.21. The standard InChI is InChI=1S/C9H16O4/c1-9(2,11)13-6-4-8-7(10)3-5-12-8/h8,11H,3-6H2,1-2H3. The van der Waals surface area contributed by atoms with Gasteiger partial charge in [-0.15, -0.1) is 0 Å². The Kier molecular flexibility index (Phi) is 3.41. The Morgan fingerprint density at radius 1 is 1.69 bits per heavy atom. The zero-order valence-corrected chi connectivity index (χ0v) is 8.08. The molecule has 1 atom stereocenters. The second-order valence-corrected chi connectivity index (χ2v) is 3.66. The fraction of sp³-hybridized carbons (Fsp3) is 0.889. The molecule has 13 heavy (non-hydrogen) atoms. The topological polar surface area (TPSA) is 55.8 Å². The molecule has 1 fully saturated rings. The third-order valence-electron chi connectivity index (χ3n) is 1.86. The average Bonchev–Trinajstić information content (AvgIpc) is 2.34. The monoisotopic (exact) mass is 188 g/mol. The van der Waals surface area contributed by atoms with Crippen molar-refractivity contribution in [1.82, 2.24) is 0 Å². The van der Waals surface area contributed by atoms with Crippen LogP contribution in [0.25, 0.3) is 0 Å². The van der Waals surface area contributed by atoms with Crippen LogP contribution in [0.1, 0.15) is 26.7 Å². The van der Waals surface area contributed by atoms with Crippen LogP contribution in [0, 0.1) is 0 Å². The summed E-state index contributed by atoms with van der Waals surface area (Å²) in [6, 6.07) is 0. The van der Waals surface area contributed by atoms with Crippen molar-refractivity contribution < 1.29 is 19.4 Å². The van der Waals surface area contributed by atoms with Gasteiger partial charge in [-0.1, -0.05) is 0 Å². The van der Waals surface area contributed by atoms with E-state index in [4.69, 9.17) is 9.47 Å². The normalized spacial score (nSPS) is 23.9. The van der Waals surface area contributed by atoms with Gasteiger partial charge in [-0.05, 0) is 13.8 Å². The van der Waals surface area contributed by atoms with E-state index in [2.05, 4.69) is 0 Å². The van der Waals surface area contributed by atoms with Crippen molar-refractivity contribution in [3.8, 4) is 0 Å². The third-order valence-corrected chi connectivity index (χ3v) is 1.86. The van der Waals surface area contributed by atoms with Crippen LogP contribution >= 0.6 is 0 Å². The molecule has 76 valence electrons. The van der Waals surface area contributed by atoms with Gasteiger partial charge in [0.25, 0.3) is 0 Å². The van der Waals surface area contributed by atoms with Crippen molar-refractivity contribution in [1.29, 1.82) is 0 Å². The van der Waals surface area contributed by atoms with Crippen molar-refractivity contribution in [2.75, 3.05) is 13.2 Å². The van der Waals surface area contributed by atoms with Gasteiger partial charge in [0.05, 0.1) is 13.2 Å². The van der Waals surface area contributed by atoms with Gasteiger partial charge in [0.1, 0.15) is 6.10 Å². The first-order valence-electron chi connectivity index (χ1n) is 4.50. The molecule has 0 saturated carbocycles. The third kappa shape index (κ3) is 3.85. The molecule has 1 heterocycles. The molecule has 0 bridgehead atoms. The van der Waals surface area contributed by atoms with Gasteiger partial charge >= 0.3 is 0 Å². The Bertz CT molecular complexity index is 183. The molecule has 4 heteroatoms. The lowest BCUT2D eigenvalue weighted by molar-refractivity contribution is -0.179. The van der Waals surface area contributed by atoms with Crippen LogP contribution in [0.2, 0.25) is 0 Å². The summed E-state index contributed by atoms with van der Waals surface area (Å²) in [7, 11) is 0. The predicted molar refractivity (Wildman–Crippen MR) is 46.2 cm³/mol. The fourth-order valence-electron chi connectivity index (χ4n) is 1.22. The van der Waals surface area contributed by atoms with Crippen LogP contribution in [-0.2, 0) is 14.3 Å². The minimum atomic E-state index is -1.12. The lowest BCUT2D eigenvalue weighted by atomic mass is 10.2. The van der Waals surface area contributed by atoms with E-state index in [1.165, 1.54) is 0 Å². The Morgan fingerprint density at radius 3 is 2.85 bits per heavy atom. The second kappa shape index (κ2) is 4.17. The van der Waals surface area contributed by atoms with Crippen molar-refractivity contribution in [3.05, 3.63) is 0 Å². The number of aliphatic hydroxyl groups is 1. The van der Waals surface area contributed by atoms with Crippen molar-refractivity contribution in [3.63, 3.8) is 0 Å². The zero-order chi connectivity index (χ0) is 9.90. The van der Waals surface area contributed by atoms with Gasteiger partial charge in [0, 0.05) is 12.8 Å². The fourth-order valence-corrected chi connectivity index (χ4v) is 1.22. The van der Waals surface area contributed by atoms with Crippen LogP contribution < -0.4 is 0 Å². The van der Waals surface area contributed by atoms with Crippen LogP contribution in [-0.4, -0.2) is 36.0 Å². The maximum Gasteiger partial charge on any atom is 0.163 e. The highest BCUT2D eigenvalue weighted by molar-refractivity contribution is 5.84. The molecule has 1 aliphatic rings. The molecule has 1 rings (SSSR count). The molecular formula is C9H16O4. The summed E-state index contributed by atoms with van der Waals surface area (Å²) >= 11 is 0. The largest absolute Gasteiger partial charge is 0.370 e. The molecule has 0 radical (unpaired) electrons. The van der Waals surface area contributed by atoms with Gasteiger partial charge in [0.15, 0.2) is 11.6 Å². The number of rotatable bonds is 4. The summed E-state index contributed by atoms with van der Waals surface area (Å²) in [5.74, 6) is -0.985. The molecule has 1 saturated heterocycles.